The molecule has 1 unspecified atom stereocenters. The van der Waals surface area contributed by atoms with Crippen LogP contribution in [0.4, 0.5) is 11.4 Å². The molecule has 10 heteroatoms. The van der Waals surface area contributed by atoms with Gasteiger partial charge in [-0.25, -0.2) is 0 Å². The van der Waals surface area contributed by atoms with E-state index < -0.39 is 5.43 Å². The average molecular weight is 804 g/mol. The van der Waals surface area contributed by atoms with Gasteiger partial charge >= 0.3 is 11.9 Å². The summed E-state index contributed by atoms with van der Waals surface area (Å²) >= 11 is 0. The first-order valence-corrected chi connectivity index (χ1v) is 23.9. The zero-order chi connectivity index (χ0) is 41.2. The van der Waals surface area contributed by atoms with Gasteiger partial charge in [-0.3, -0.25) is 19.2 Å². The van der Waals surface area contributed by atoms with Crippen molar-refractivity contribution in [3.05, 3.63) is 20.4 Å². The highest BCUT2D eigenvalue weighted by atomic mass is 16.5. The van der Waals surface area contributed by atoms with Crippen molar-refractivity contribution in [3.63, 3.8) is 0 Å². The molecule has 330 valence electrons. The summed E-state index contributed by atoms with van der Waals surface area (Å²) < 4.78 is 16.8. The first-order valence-electron chi connectivity index (χ1n) is 23.9. The summed E-state index contributed by atoms with van der Waals surface area (Å²) in [6, 6.07) is 0. The molecular formula is C47H85N3O7. The summed E-state index contributed by atoms with van der Waals surface area (Å²) in [5.74, 6) is -0.0697. The van der Waals surface area contributed by atoms with E-state index in [0.717, 1.165) is 129 Å². The molecule has 1 N–H and O–H groups in total. The predicted molar refractivity (Wildman–Crippen MR) is 236 cm³/mol. The van der Waals surface area contributed by atoms with Crippen LogP contribution in [0.3, 0.4) is 0 Å². The van der Waals surface area contributed by atoms with Gasteiger partial charge in [0.2, 0.25) is 0 Å². The van der Waals surface area contributed by atoms with E-state index >= 15 is 0 Å². The number of nitrogens with one attached hydrogen (secondary N) is 1. The summed E-state index contributed by atoms with van der Waals surface area (Å²) in [5.41, 5.74) is 0.227. The average Bonchev–Trinajstić information content (AvgIpc) is 3.22. The number of carbonyl (C=O) groups excluding carboxylic acids is 2. The molecule has 0 radical (unpaired) electrons. The van der Waals surface area contributed by atoms with Crippen molar-refractivity contribution >= 4 is 23.3 Å². The van der Waals surface area contributed by atoms with Gasteiger partial charge in [-0.15, -0.1) is 0 Å². The van der Waals surface area contributed by atoms with E-state index in [9.17, 15) is 19.2 Å². The third kappa shape index (κ3) is 24.3. The summed E-state index contributed by atoms with van der Waals surface area (Å²) in [6.45, 7) is 13.3. The van der Waals surface area contributed by atoms with E-state index in [1.54, 1.807) is 0 Å². The third-order valence-corrected chi connectivity index (χ3v) is 11.4. The lowest BCUT2D eigenvalue weighted by Gasteiger charge is -2.31. The Balaban J connectivity index is 1.69. The minimum Gasteiger partial charge on any atom is -0.466 e. The molecule has 0 bridgehead atoms. The predicted octanol–water partition coefficient (Wildman–Crippen LogP) is 10.3. The second-order valence-electron chi connectivity index (χ2n) is 16.6. The van der Waals surface area contributed by atoms with Gasteiger partial charge in [-0.2, -0.15) is 0 Å². The van der Waals surface area contributed by atoms with Gasteiger partial charge in [0.05, 0.1) is 19.8 Å². The SMILES string of the molecule is CCCCCCCCOC(=O)CCCCCCCN(CCCCCCCC(=O)OC(CCCCC)CCCCCC)CCCNc1c(N2CCOCC2)c(=O)c1=O. The number of ether oxygens (including phenoxy) is 3. The molecule has 1 fully saturated rings. The van der Waals surface area contributed by atoms with Crippen molar-refractivity contribution in [1.29, 1.82) is 0 Å². The molecule has 1 aromatic rings. The maximum absolute atomic E-state index is 12.7. The Bertz CT molecular complexity index is 1210. The van der Waals surface area contributed by atoms with E-state index in [-0.39, 0.29) is 23.5 Å². The lowest BCUT2D eigenvalue weighted by atomic mass is 10.0. The number of anilines is 2. The number of nitrogens with zero attached hydrogens (tertiary/aromatic N) is 2. The van der Waals surface area contributed by atoms with Gasteiger partial charge in [0.1, 0.15) is 17.5 Å². The van der Waals surface area contributed by atoms with Crippen molar-refractivity contribution in [3.8, 4) is 0 Å². The van der Waals surface area contributed by atoms with Crippen LogP contribution < -0.4 is 21.1 Å². The van der Waals surface area contributed by atoms with E-state index in [1.165, 1.54) is 57.8 Å². The molecule has 10 nitrogen and oxygen atoms in total. The maximum Gasteiger partial charge on any atom is 0.306 e. The second kappa shape index (κ2) is 34.4. The van der Waals surface area contributed by atoms with Crippen LogP contribution >= 0.6 is 0 Å². The van der Waals surface area contributed by atoms with Gasteiger partial charge in [-0.05, 0) is 83.8 Å². The van der Waals surface area contributed by atoms with Crippen LogP contribution in [0.25, 0.3) is 0 Å². The van der Waals surface area contributed by atoms with Crippen LogP contribution in [-0.2, 0) is 23.8 Å². The molecule has 0 saturated carbocycles. The molecule has 2 rings (SSSR count). The molecule has 1 atom stereocenters. The van der Waals surface area contributed by atoms with Gasteiger partial charge in [0.25, 0.3) is 10.9 Å². The normalized spacial score (nSPS) is 13.7. The quantitative estimate of drug-likeness (QED) is 0.0392. The van der Waals surface area contributed by atoms with E-state index in [1.807, 2.05) is 4.90 Å². The molecule has 0 amide bonds. The molecular weight excluding hydrogens is 719 g/mol. The largest absolute Gasteiger partial charge is 0.466 e. The van der Waals surface area contributed by atoms with Crippen molar-refractivity contribution in [2.24, 2.45) is 0 Å². The summed E-state index contributed by atoms with van der Waals surface area (Å²) in [7, 11) is 0. The fraction of sp³-hybridized carbons (Fsp3) is 0.872. The van der Waals surface area contributed by atoms with Crippen LogP contribution in [-0.4, -0.2) is 82.0 Å². The smallest absolute Gasteiger partial charge is 0.306 e. The third-order valence-electron chi connectivity index (χ3n) is 11.4. The minimum atomic E-state index is -0.401. The number of esters is 2. The molecule has 57 heavy (non-hydrogen) atoms. The highest BCUT2D eigenvalue weighted by Gasteiger charge is 2.27. The van der Waals surface area contributed by atoms with Crippen LogP contribution in [0, 0.1) is 0 Å². The monoisotopic (exact) mass is 804 g/mol. The van der Waals surface area contributed by atoms with Crippen molar-refractivity contribution in [1.82, 2.24) is 4.90 Å². The summed E-state index contributed by atoms with van der Waals surface area (Å²) in [4.78, 5) is 54.0. The fourth-order valence-corrected chi connectivity index (χ4v) is 7.82. The van der Waals surface area contributed by atoms with Crippen LogP contribution in [0.5, 0.6) is 0 Å². The Labute approximate surface area is 347 Å². The Morgan fingerprint density at radius 2 is 1.11 bits per heavy atom. The molecule has 0 aromatic heterocycles. The van der Waals surface area contributed by atoms with Gasteiger partial charge in [0, 0.05) is 32.5 Å². The van der Waals surface area contributed by atoms with E-state index in [0.29, 0.717) is 63.7 Å². The minimum absolute atomic E-state index is 0.0176. The van der Waals surface area contributed by atoms with Gasteiger partial charge < -0.3 is 29.3 Å². The van der Waals surface area contributed by atoms with E-state index in [4.69, 9.17) is 14.2 Å². The summed E-state index contributed by atoms with van der Waals surface area (Å²) in [5, 5.41) is 3.29. The zero-order valence-electron chi connectivity index (χ0n) is 37.0. The number of rotatable bonds is 39. The lowest BCUT2D eigenvalue weighted by molar-refractivity contribution is -0.150. The Morgan fingerprint density at radius 1 is 0.614 bits per heavy atom. The van der Waals surface area contributed by atoms with Crippen LogP contribution in [0.2, 0.25) is 0 Å². The molecule has 1 aliphatic rings. The Morgan fingerprint density at radius 3 is 1.74 bits per heavy atom. The van der Waals surface area contributed by atoms with Crippen LogP contribution in [0.1, 0.15) is 201 Å². The molecule has 0 aliphatic carbocycles. The topological polar surface area (TPSA) is 114 Å². The maximum atomic E-state index is 12.7. The number of hydrogen-bond donors (Lipinski definition) is 1. The molecule has 1 saturated heterocycles. The van der Waals surface area contributed by atoms with E-state index in [2.05, 4.69) is 31.0 Å². The van der Waals surface area contributed by atoms with Gasteiger partial charge in [0.15, 0.2) is 0 Å². The molecule has 1 aliphatic heterocycles. The zero-order valence-corrected chi connectivity index (χ0v) is 37.0. The molecule has 0 spiro atoms. The standard InChI is InChI=1S/C47H85N3O7/c1-4-7-10-12-19-26-38-56-42(51)30-22-15-13-17-24-33-49(35-27-32-48-44-45(47(54)46(44)53)50-36-39-55-40-37-50)34-25-18-14-16-23-31-43(52)57-41(28-20-9-6-3)29-21-11-8-5-2/h41,48H,4-40H2,1-3H3. The van der Waals surface area contributed by atoms with Gasteiger partial charge in [-0.1, -0.05) is 124 Å². The Kier molecular flexibility index (Phi) is 30.6. The van der Waals surface area contributed by atoms with Crippen molar-refractivity contribution in [2.45, 2.75) is 207 Å². The lowest BCUT2D eigenvalue weighted by Crippen LogP contribution is -2.47. The highest BCUT2D eigenvalue weighted by Crippen LogP contribution is 2.21. The number of morpholine rings is 1. The first-order chi connectivity index (χ1) is 27.9. The van der Waals surface area contributed by atoms with Crippen molar-refractivity contribution < 1.29 is 23.8 Å². The molecule has 1 heterocycles. The first kappa shape index (κ1) is 50.7. The second-order valence-corrected chi connectivity index (χ2v) is 16.6. The summed E-state index contributed by atoms with van der Waals surface area (Å²) in [6.07, 6.45) is 30.2. The fourth-order valence-electron chi connectivity index (χ4n) is 7.82. The number of unbranched alkanes of at least 4 members (excludes halogenated alkanes) is 18. The van der Waals surface area contributed by atoms with Crippen molar-refractivity contribution in [2.75, 3.05) is 69.3 Å². The van der Waals surface area contributed by atoms with Crippen LogP contribution in [0.15, 0.2) is 9.59 Å². The number of carbonyl (C=O) groups is 2. The highest BCUT2D eigenvalue weighted by molar-refractivity contribution is 5.75. The Hall–Kier alpha value is -2.46. The molecule has 1 aromatic carbocycles. The number of hydrogen-bond acceptors (Lipinski definition) is 10.